The summed E-state index contributed by atoms with van der Waals surface area (Å²) in [4.78, 5) is 17.5. The predicted molar refractivity (Wildman–Crippen MR) is 136 cm³/mol. The third-order valence-electron chi connectivity index (χ3n) is 5.85. The zero-order valence-electron chi connectivity index (χ0n) is 19.4. The Morgan fingerprint density at radius 2 is 1.76 bits per heavy atom. The second kappa shape index (κ2) is 10.8. The first-order valence-electron chi connectivity index (χ1n) is 11.3. The van der Waals surface area contributed by atoms with Gasteiger partial charge in [-0.3, -0.25) is 4.79 Å². The molecule has 2 aromatic carbocycles. The monoisotopic (exact) mass is 499 g/mol. The van der Waals surface area contributed by atoms with Crippen molar-refractivity contribution in [3.8, 4) is 5.75 Å². The molecule has 2 heterocycles. The van der Waals surface area contributed by atoms with Crippen LogP contribution >= 0.6 is 11.8 Å². The number of methoxy groups -OCH3 is 1. The second-order valence-corrected chi connectivity index (χ2v) is 11.3. The number of nitrogens with zero attached hydrogens (tertiary/aromatic N) is 2. The first-order valence-corrected chi connectivity index (χ1v) is 13.8. The van der Waals surface area contributed by atoms with Crippen molar-refractivity contribution in [3.63, 3.8) is 0 Å². The van der Waals surface area contributed by atoms with E-state index in [-0.39, 0.29) is 16.6 Å². The molecule has 7 nitrogen and oxygen atoms in total. The Labute approximate surface area is 205 Å². The molecule has 1 aromatic heterocycles. The number of hydrogen-bond acceptors (Lipinski definition) is 6. The number of ether oxygens (including phenoxy) is 1. The smallest absolute Gasteiger partial charge is 0.243 e. The van der Waals surface area contributed by atoms with Gasteiger partial charge in [-0.25, -0.2) is 13.4 Å². The zero-order valence-corrected chi connectivity index (χ0v) is 21.0. The maximum Gasteiger partial charge on any atom is 0.243 e. The molecule has 0 aliphatic carbocycles. The van der Waals surface area contributed by atoms with E-state index in [1.807, 2.05) is 31.2 Å². The Kier molecular flexibility index (Phi) is 7.75. The Hall–Kier alpha value is -2.62. The van der Waals surface area contributed by atoms with E-state index >= 15 is 0 Å². The van der Waals surface area contributed by atoms with Gasteiger partial charge in [-0.05, 0) is 67.8 Å². The normalized spacial score (nSPS) is 15.1. The molecule has 0 radical (unpaired) electrons. The van der Waals surface area contributed by atoms with Gasteiger partial charge >= 0.3 is 0 Å². The average Bonchev–Trinajstić information content (AvgIpc) is 3.13. The molecular formula is C25H29N3O4S2. The lowest BCUT2D eigenvalue weighted by molar-refractivity contribution is -0.113. The summed E-state index contributed by atoms with van der Waals surface area (Å²) in [6.45, 7) is 3.10. The van der Waals surface area contributed by atoms with Crippen LogP contribution in [0, 0.1) is 6.92 Å². The summed E-state index contributed by atoms with van der Waals surface area (Å²) in [6, 6.07) is 14.2. The van der Waals surface area contributed by atoms with Gasteiger partial charge in [0.2, 0.25) is 15.9 Å². The third kappa shape index (κ3) is 5.71. The Balaban J connectivity index is 1.38. The van der Waals surface area contributed by atoms with E-state index in [4.69, 9.17) is 4.74 Å². The van der Waals surface area contributed by atoms with Crippen molar-refractivity contribution in [2.45, 2.75) is 42.5 Å². The summed E-state index contributed by atoms with van der Waals surface area (Å²) in [5.74, 6) is 0.746. The number of pyridine rings is 1. The van der Waals surface area contributed by atoms with Crippen molar-refractivity contribution < 1.29 is 17.9 Å². The molecule has 0 atom stereocenters. The van der Waals surface area contributed by atoms with Gasteiger partial charge in [-0.15, -0.1) is 0 Å². The van der Waals surface area contributed by atoms with E-state index in [0.717, 1.165) is 52.9 Å². The molecule has 1 saturated heterocycles. The molecule has 1 fully saturated rings. The predicted octanol–water partition coefficient (Wildman–Crippen LogP) is 4.85. The topological polar surface area (TPSA) is 88.6 Å². The largest absolute Gasteiger partial charge is 0.497 e. The fraction of sp³-hybridized carbons (Fsp3) is 0.360. The van der Waals surface area contributed by atoms with Crippen LogP contribution in [0.3, 0.4) is 0 Å². The number of aromatic nitrogens is 1. The molecule has 4 rings (SSSR count). The van der Waals surface area contributed by atoms with E-state index in [2.05, 4.69) is 10.3 Å². The van der Waals surface area contributed by atoms with Gasteiger partial charge in [-0.2, -0.15) is 4.31 Å². The van der Waals surface area contributed by atoms with E-state index in [0.29, 0.717) is 18.8 Å². The summed E-state index contributed by atoms with van der Waals surface area (Å²) in [6.07, 6.45) is 3.92. The highest BCUT2D eigenvalue weighted by Gasteiger charge is 2.25. The first-order chi connectivity index (χ1) is 16.4. The first kappa shape index (κ1) is 24.5. The number of carbonyl (C=O) groups is 1. The van der Waals surface area contributed by atoms with Gasteiger partial charge in [0.15, 0.2) is 0 Å². The fourth-order valence-corrected chi connectivity index (χ4v) is 6.29. The number of aryl methyl sites for hydroxylation is 1. The lowest BCUT2D eigenvalue weighted by atomic mass is 10.2. The van der Waals surface area contributed by atoms with Crippen LogP contribution in [0.25, 0.3) is 10.9 Å². The van der Waals surface area contributed by atoms with Gasteiger partial charge in [0.1, 0.15) is 10.8 Å². The van der Waals surface area contributed by atoms with Gasteiger partial charge in [0, 0.05) is 30.2 Å². The molecule has 34 heavy (non-hydrogen) atoms. The molecule has 0 spiro atoms. The molecule has 0 unspecified atom stereocenters. The van der Waals surface area contributed by atoms with Gasteiger partial charge in [0.25, 0.3) is 0 Å². The number of thioether (sulfide) groups is 1. The highest BCUT2D eigenvalue weighted by Crippen LogP contribution is 2.27. The highest BCUT2D eigenvalue weighted by molar-refractivity contribution is 8.00. The van der Waals surface area contributed by atoms with Crippen molar-refractivity contribution in [3.05, 3.63) is 54.1 Å². The van der Waals surface area contributed by atoms with Crippen molar-refractivity contribution in [1.29, 1.82) is 0 Å². The number of nitrogens with one attached hydrogen (secondary N) is 1. The van der Waals surface area contributed by atoms with Crippen molar-refractivity contribution in [2.24, 2.45) is 0 Å². The van der Waals surface area contributed by atoms with Crippen LogP contribution in [0.15, 0.2) is 58.5 Å². The van der Waals surface area contributed by atoms with E-state index < -0.39 is 10.0 Å². The van der Waals surface area contributed by atoms with Gasteiger partial charge in [0.05, 0.1) is 23.3 Å². The molecule has 0 bridgehead atoms. The minimum Gasteiger partial charge on any atom is -0.497 e. The van der Waals surface area contributed by atoms with Gasteiger partial charge in [-0.1, -0.05) is 24.6 Å². The number of carbonyl (C=O) groups excluding carboxylic acids is 1. The summed E-state index contributed by atoms with van der Waals surface area (Å²) >= 11 is 1.36. The molecule has 1 aliphatic rings. The molecule has 180 valence electrons. The third-order valence-corrected chi connectivity index (χ3v) is 8.86. The summed E-state index contributed by atoms with van der Waals surface area (Å²) in [5.41, 5.74) is 2.38. The molecular weight excluding hydrogens is 470 g/mol. The molecule has 3 aromatic rings. The van der Waals surface area contributed by atoms with Crippen LogP contribution in [-0.4, -0.2) is 49.6 Å². The average molecular weight is 500 g/mol. The SMILES string of the molecule is COc1ccc2cc(C)c(SCC(=O)Nc3ccc(S(=O)(=O)N4CCCCCC4)cc3)nc2c1. The van der Waals surface area contributed by atoms with Crippen molar-refractivity contribution in [2.75, 3.05) is 31.3 Å². The fourth-order valence-electron chi connectivity index (χ4n) is 3.98. The molecule has 1 N–H and O–H groups in total. The summed E-state index contributed by atoms with van der Waals surface area (Å²) in [7, 11) is -1.89. The summed E-state index contributed by atoms with van der Waals surface area (Å²) < 4.78 is 32.7. The van der Waals surface area contributed by atoms with Crippen LogP contribution < -0.4 is 10.1 Å². The Morgan fingerprint density at radius 1 is 1.06 bits per heavy atom. The number of fused-ring (bicyclic) bond motifs is 1. The number of hydrogen-bond donors (Lipinski definition) is 1. The summed E-state index contributed by atoms with van der Waals surface area (Å²) in [5, 5.41) is 4.64. The maximum absolute atomic E-state index is 12.9. The van der Waals surface area contributed by atoms with Crippen LogP contribution in [0.5, 0.6) is 5.75 Å². The number of sulfonamides is 1. The van der Waals surface area contributed by atoms with Crippen molar-refractivity contribution >= 4 is 44.3 Å². The lowest BCUT2D eigenvalue weighted by Crippen LogP contribution is -2.31. The Morgan fingerprint density at radius 3 is 2.44 bits per heavy atom. The quantitative estimate of drug-likeness (QED) is 0.468. The maximum atomic E-state index is 12.9. The standard InChI is InChI=1S/C25H29N3O4S2/c1-18-15-19-7-10-21(32-2)16-23(19)27-25(18)33-17-24(29)26-20-8-11-22(12-9-20)34(30,31)28-13-5-3-4-6-14-28/h7-12,15-16H,3-6,13-14,17H2,1-2H3,(H,26,29). The minimum atomic E-state index is -3.51. The molecule has 1 aliphatic heterocycles. The molecule has 1 amide bonds. The molecule has 9 heteroatoms. The lowest BCUT2D eigenvalue weighted by Gasteiger charge is -2.20. The minimum absolute atomic E-state index is 0.180. The van der Waals surface area contributed by atoms with Gasteiger partial charge < -0.3 is 10.1 Å². The van der Waals surface area contributed by atoms with Crippen LogP contribution in [0.4, 0.5) is 5.69 Å². The Bertz CT molecular complexity index is 1270. The van der Waals surface area contributed by atoms with Crippen molar-refractivity contribution in [1.82, 2.24) is 9.29 Å². The van der Waals surface area contributed by atoms with Crippen LogP contribution in [0.1, 0.15) is 31.2 Å². The number of anilines is 1. The second-order valence-electron chi connectivity index (χ2n) is 8.35. The number of amides is 1. The van der Waals surface area contributed by atoms with Crippen LogP contribution in [-0.2, 0) is 14.8 Å². The molecule has 0 saturated carbocycles. The van der Waals surface area contributed by atoms with Crippen LogP contribution in [0.2, 0.25) is 0 Å². The highest BCUT2D eigenvalue weighted by atomic mass is 32.2. The van der Waals surface area contributed by atoms with E-state index in [1.54, 1.807) is 35.7 Å². The number of benzene rings is 2. The number of rotatable bonds is 7. The van der Waals surface area contributed by atoms with E-state index in [1.165, 1.54) is 11.8 Å². The zero-order chi connectivity index (χ0) is 24.1. The van der Waals surface area contributed by atoms with E-state index in [9.17, 15) is 13.2 Å².